The summed E-state index contributed by atoms with van der Waals surface area (Å²) >= 11 is 6.31. The quantitative estimate of drug-likeness (QED) is 0.878. The molecule has 3 nitrogen and oxygen atoms in total. The molecule has 0 radical (unpaired) electrons. The van der Waals surface area contributed by atoms with Gasteiger partial charge in [0, 0.05) is 17.6 Å². The molecule has 0 spiro atoms. The second-order valence-electron chi connectivity index (χ2n) is 6.17. The molecule has 112 valence electrons. The van der Waals surface area contributed by atoms with Gasteiger partial charge in [-0.05, 0) is 38.4 Å². The van der Waals surface area contributed by atoms with E-state index in [1.807, 2.05) is 38.2 Å². The van der Waals surface area contributed by atoms with Crippen molar-refractivity contribution in [1.82, 2.24) is 4.90 Å². The van der Waals surface area contributed by atoms with Crippen LogP contribution in [0.25, 0.3) is 0 Å². The van der Waals surface area contributed by atoms with Crippen molar-refractivity contribution in [2.75, 3.05) is 13.6 Å². The summed E-state index contributed by atoms with van der Waals surface area (Å²) in [7, 11) is 2.02. The van der Waals surface area contributed by atoms with E-state index in [2.05, 4.69) is 4.90 Å². The van der Waals surface area contributed by atoms with Gasteiger partial charge >= 0.3 is 0 Å². The number of aliphatic hydroxyl groups is 1. The average molecular weight is 297 g/mol. The minimum atomic E-state index is -0.566. The fraction of sp³-hybridized carbons (Fsp3) is 0.625. The standard InChI is InChI=1S/C16H25ClN2O/c1-12(18)15(13-7-3-4-8-14(13)17)19(2)11-16(20)9-5-6-10-16/h3-4,7-8,12,15,20H,5-6,9-11,18H2,1-2H3. The lowest BCUT2D eigenvalue weighted by molar-refractivity contribution is 0.00254. The van der Waals surface area contributed by atoms with Crippen LogP contribution in [-0.2, 0) is 0 Å². The third-order valence-electron chi connectivity index (χ3n) is 4.27. The van der Waals surface area contributed by atoms with Gasteiger partial charge in [0.25, 0.3) is 0 Å². The van der Waals surface area contributed by atoms with Crippen LogP contribution in [0.4, 0.5) is 0 Å². The normalized spacial score (nSPS) is 21.1. The molecule has 1 aliphatic carbocycles. The number of rotatable bonds is 5. The molecule has 20 heavy (non-hydrogen) atoms. The van der Waals surface area contributed by atoms with Crippen molar-refractivity contribution in [2.45, 2.75) is 50.3 Å². The van der Waals surface area contributed by atoms with Crippen molar-refractivity contribution >= 4 is 11.6 Å². The number of likely N-dealkylation sites (N-methyl/N-ethyl adjacent to an activating group) is 1. The maximum Gasteiger partial charge on any atom is 0.0774 e. The monoisotopic (exact) mass is 296 g/mol. The second kappa shape index (κ2) is 6.44. The second-order valence-corrected chi connectivity index (χ2v) is 6.58. The van der Waals surface area contributed by atoms with Crippen LogP contribution >= 0.6 is 11.6 Å². The average Bonchev–Trinajstić information content (AvgIpc) is 2.78. The van der Waals surface area contributed by atoms with Crippen LogP contribution < -0.4 is 5.73 Å². The smallest absolute Gasteiger partial charge is 0.0774 e. The number of halogens is 1. The lowest BCUT2D eigenvalue weighted by Crippen LogP contribution is -2.45. The van der Waals surface area contributed by atoms with E-state index >= 15 is 0 Å². The Hall–Kier alpha value is -0.610. The zero-order chi connectivity index (χ0) is 14.8. The van der Waals surface area contributed by atoms with Crippen molar-refractivity contribution in [3.63, 3.8) is 0 Å². The summed E-state index contributed by atoms with van der Waals surface area (Å²) in [6.07, 6.45) is 3.98. The molecular formula is C16H25ClN2O. The third-order valence-corrected chi connectivity index (χ3v) is 4.62. The summed E-state index contributed by atoms with van der Waals surface area (Å²) in [5.74, 6) is 0. The molecule has 0 saturated heterocycles. The van der Waals surface area contributed by atoms with Gasteiger partial charge in [0.2, 0.25) is 0 Å². The van der Waals surface area contributed by atoms with Gasteiger partial charge in [-0.1, -0.05) is 42.6 Å². The summed E-state index contributed by atoms with van der Waals surface area (Å²) < 4.78 is 0. The molecular weight excluding hydrogens is 272 g/mol. The minimum absolute atomic E-state index is 0.0216. The van der Waals surface area contributed by atoms with E-state index in [1.54, 1.807) is 0 Å². The highest BCUT2D eigenvalue weighted by Crippen LogP contribution is 2.34. The molecule has 4 heteroatoms. The van der Waals surface area contributed by atoms with Gasteiger partial charge in [-0.25, -0.2) is 0 Å². The van der Waals surface area contributed by atoms with Crippen LogP contribution in [0.5, 0.6) is 0 Å². The Kier molecular flexibility index (Phi) is 5.08. The highest BCUT2D eigenvalue weighted by atomic mass is 35.5. The lowest BCUT2D eigenvalue weighted by Gasteiger charge is -2.36. The summed E-state index contributed by atoms with van der Waals surface area (Å²) in [6.45, 7) is 2.63. The van der Waals surface area contributed by atoms with Crippen molar-refractivity contribution in [1.29, 1.82) is 0 Å². The maximum absolute atomic E-state index is 10.6. The van der Waals surface area contributed by atoms with Crippen molar-refractivity contribution in [3.8, 4) is 0 Å². The highest BCUT2D eigenvalue weighted by Gasteiger charge is 2.35. The maximum atomic E-state index is 10.6. The molecule has 1 fully saturated rings. The van der Waals surface area contributed by atoms with E-state index in [9.17, 15) is 5.11 Å². The number of hydrogen-bond acceptors (Lipinski definition) is 3. The van der Waals surface area contributed by atoms with Crippen LogP contribution in [0.2, 0.25) is 5.02 Å². The Balaban J connectivity index is 2.18. The molecule has 0 heterocycles. The zero-order valence-electron chi connectivity index (χ0n) is 12.3. The first kappa shape index (κ1) is 15.8. The van der Waals surface area contributed by atoms with E-state index in [0.29, 0.717) is 6.54 Å². The van der Waals surface area contributed by atoms with E-state index in [0.717, 1.165) is 36.3 Å². The summed E-state index contributed by atoms with van der Waals surface area (Å²) in [6, 6.07) is 7.79. The SMILES string of the molecule is CC(N)C(c1ccccc1Cl)N(C)CC1(O)CCCC1. The van der Waals surface area contributed by atoms with E-state index < -0.39 is 5.60 Å². The van der Waals surface area contributed by atoms with Crippen LogP contribution in [-0.4, -0.2) is 35.2 Å². The molecule has 2 atom stereocenters. The largest absolute Gasteiger partial charge is 0.389 e. The predicted molar refractivity (Wildman–Crippen MR) is 83.9 cm³/mol. The molecule has 1 aromatic rings. The fourth-order valence-electron chi connectivity index (χ4n) is 3.39. The van der Waals surface area contributed by atoms with Crippen LogP contribution in [0, 0.1) is 0 Å². The minimum Gasteiger partial charge on any atom is -0.389 e. The first-order chi connectivity index (χ1) is 9.43. The molecule has 1 aromatic carbocycles. The fourth-order valence-corrected chi connectivity index (χ4v) is 3.64. The molecule has 1 aliphatic rings. The lowest BCUT2D eigenvalue weighted by atomic mass is 9.96. The summed E-state index contributed by atoms with van der Waals surface area (Å²) in [4.78, 5) is 2.15. The van der Waals surface area contributed by atoms with Gasteiger partial charge in [0.15, 0.2) is 0 Å². The van der Waals surface area contributed by atoms with E-state index in [1.165, 1.54) is 0 Å². The van der Waals surface area contributed by atoms with E-state index in [-0.39, 0.29) is 12.1 Å². The Bertz CT molecular complexity index is 444. The number of nitrogens with two attached hydrogens (primary N) is 1. The van der Waals surface area contributed by atoms with Crippen molar-refractivity contribution < 1.29 is 5.11 Å². The van der Waals surface area contributed by atoms with Crippen LogP contribution in [0.1, 0.15) is 44.2 Å². The number of nitrogens with zero attached hydrogens (tertiary/aromatic N) is 1. The van der Waals surface area contributed by atoms with Crippen LogP contribution in [0.15, 0.2) is 24.3 Å². The molecule has 1 saturated carbocycles. The van der Waals surface area contributed by atoms with Crippen molar-refractivity contribution in [2.24, 2.45) is 5.73 Å². The molecule has 0 aliphatic heterocycles. The van der Waals surface area contributed by atoms with Gasteiger partial charge in [-0.15, -0.1) is 0 Å². The molecule has 0 amide bonds. The highest BCUT2D eigenvalue weighted by molar-refractivity contribution is 6.31. The number of hydrogen-bond donors (Lipinski definition) is 2. The van der Waals surface area contributed by atoms with Crippen molar-refractivity contribution in [3.05, 3.63) is 34.9 Å². The first-order valence-corrected chi connectivity index (χ1v) is 7.73. The Morgan fingerprint density at radius 3 is 2.50 bits per heavy atom. The molecule has 2 rings (SSSR count). The molecule has 3 N–H and O–H groups in total. The molecule has 2 unspecified atom stereocenters. The zero-order valence-corrected chi connectivity index (χ0v) is 13.1. The Labute approximate surface area is 126 Å². The number of benzene rings is 1. The summed E-state index contributed by atoms with van der Waals surface area (Å²) in [5.41, 5.74) is 6.64. The molecule has 0 aromatic heterocycles. The van der Waals surface area contributed by atoms with Gasteiger partial charge in [0.05, 0.1) is 11.6 Å². The van der Waals surface area contributed by atoms with Crippen LogP contribution in [0.3, 0.4) is 0 Å². The summed E-state index contributed by atoms with van der Waals surface area (Å²) in [5, 5.41) is 11.3. The van der Waals surface area contributed by atoms with Gasteiger partial charge in [-0.3, -0.25) is 4.90 Å². The predicted octanol–water partition coefficient (Wildman–Crippen LogP) is 2.97. The Morgan fingerprint density at radius 2 is 1.95 bits per heavy atom. The van der Waals surface area contributed by atoms with Gasteiger partial charge in [0.1, 0.15) is 0 Å². The van der Waals surface area contributed by atoms with E-state index in [4.69, 9.17) is 17.3 Å². The Morgan fingerprint density at radius 1 is 1.35 bits per heavy atom. The van der Waals surface area contributed by atoms with Gasteiger partial charge in [-0.2, -0.15) is 0 Å². The van der Waals surface area contributed by atoms with Gasteiger partial charge < -0.3 is 10.8 Å². The third kappa shape index (κ3) is 3.53. The molecule has 0 bridgehead atoms. The first-order valence-electron chi connectivity index (χ1n) is 7.35. The topological polar surface area (TPSA) is 49.5 Å².